The minimum absolute atomic E-state index is 0.0218. The third kappa shape index (κ3) is 4.30. The first-order valence-electron chi connectivity index (χ1n) is 6.63. The van der Waals surface area contributed by atoms with Crippen LogP contribution in [-0.4, -0.2) is 65.6 Å². The largest absolute Gasteiger partial charge is 0.481 e. The molecule has 1 fully saturated rings. The Hall–Kier alpha value is -0.910. The minimum atomic E-state index is -0.757. The Kier molecular flexibility index (Phi) is 5.97. The molecule has 1 saturated heterocycles. The fraction of sp³-hybridized carbons (Fsp3) is 0.846. The second-order valence-electron chi connectivity index (χ2n) is 5.40. The predicted molar refractivity (Wildman–Crippen MR) is 77.6 cm³/mol. The number of nitrogens with zero attached hydrogens (tertiary/aromatic N) is 2. The summed E-state index contributed by atoms with van der Waals surface area (Å²) in [5.74, 6) is 0.294. The van der Waals surface area contributed by atoms with E-state index in [-0.39, 0.29) is 6.03 Å². The van der Waals surface area contributed by atoms with Gasteiger partial charge in [-0.15, -0.1) is 0 Å². The number of amides is 2. The molecule has 19 heavy (non-hydrogen) atoms. The zero-order valence-electron chi connectivity index (χ0n) is 12.0. The lowest BCUT2D eigenvalue weighted by molar-refractivity contribution is -0.150. The lowest BCUT2D eigenvalue weighted by atomic mass is 9.80. The molecule has 6 heteroatoms. The number of carboxylic acid groups (broad SMARTS) is 1. The average Bonchev–Trinajstić information content (AvgIpc) is 2.39. The molecule has 5 nitrogen and oxygen atoms in total. The Morgan fingerprint density at radius 1 is 1.37 bits per heavy atom. The molecule has 1 N–H and O–H groups in total. The maximum atomic E-state index is 12.2. The van der Waals surface area contributed by atoms with Crippen LogP contribution >= 0.6 is 11.8 Å². The van der Waals surface area contributed by atoms with E-state index in [1.54, 1.807) is 28.5 Å². The van der Waals surface area contributed by atoms with Gasteiger partial charge in [0, 0.05) is 26.7 Å². The topological polar surface area (TPSA) is 60.9 Å². The average molecular weight is 288 g/mol. The molecular weight excluding hydrogens is 264 g/mol. The van der Waals surface area contributed by atoms with E-state index < -0.39 is 11.4 Å². The van der Waals surface area contributed by atoms with Gasteiger partial charge in [-0.3, -0.25) is 4.79 Å². The van der Waals surface area contributed by atoms with E-state index in [0.29, 0.717) is 25.9 Å². The van der Waals surface area contributed by atoms with Gasteiger partial charge < -0.3 is 14.9 Å². The molecule has 1 rings (SSSR count). The number of hydrogen-bond donors (Lipinski definition) is 1. The van der Waals surface area contributed by atoms with Gasteiger partial charge in [-0.1, -0.05) is 0 Å². The van der Waals surface area contributed by atoms with E-state index in [9.17, 15) is 9.59 Å². The van der Waals surface area contributed by atoms with E-state index in [1.165, 1.54) is 0 Å². The molecular formula is C13H24N2O3S. The van der Waals surface area contributed by atoms with Crippen molar-refractivity contribution in [3.63, 3.8) is 0 Å². The normalized spacial score (nSPS) is 18.2. The molecule has 0 radical (unpaired) electrons. The van der Waals surface area contributed by atoms with Crippen LogP contribution < -0.4 is 0 Å². The van der Waals surface area contributed by atoms with E-state index >= 15 is 0 Å². The van der Waals surface area contributed by atoms with Crippen molar-refractivity contribution in [2.45, 2.75) is 26.2 Å². The van der Waals surface area contributed by atoms with Crippen molar-refractivity contribution in [3.8, 4) is 0 Å². The van der Waals surface area contributed by atoms with Crippen molar-refractivity contribution in [1.82, 2.24) is 9.80 Å². The van der Waals surface area contributed by atoms with Crippen molar-refractivity contribution in [2.24, 2.45) is 5.41 Å². The molecule has 0 spiro atoms. The van der Waals surface area contributed by atoms with Crippen LogP contribution in [0.25, 0.3) is 0 Å². The Morgan fingerprint density at radius 2 is 1.95 bits per heavy atom. The first-order chi connectivity index (χ1) is 8.90. The second-order valence-corrected chi connectivity index (χ2v) is 6.39. The Balaban J connectivity index is 2.42. The van der Waals surface area contributed by atoms with E-state index in [4.69, 9.17) is 5.11 Å². The zero-order valence-corrected chi connectivity index (χ0v) is 12.8. The van der Waals surface area contributed by atoms with E-state index in [2.05, 4.69) is 6.26 Å². The van der Waals surface area contributed by atoms with Crippen LogP contribution in [0.2, 0.25) is 0 Å². The van der Waals surface area contributed by atoms with Gasteiger partial charge in [0.1, 0.15) is 0 Å². The molecule has 0 bridgehead atoms. The number of carbonyl (C=O) groups is 2. The fourth-order valence-corrected chi connectivity index (χ4v) is 2.61. The van der Waals surface area contributed by atoms with Gasteiger partial charge in [0.15, 0.2) is 0 Å². The Labute approximate surface area is 119 Å². The quantitative estimate of drug-likeness (QED) is 0.786. The van der Waals surface area contributed by atoms with Gasteiger partial charge in [0.25, 0.3) is 0 Å². The van der Waals surface area contributed by atoms with Crippen LogP contribution in [0.3, 0.4) is 0 Å². The van der Waals surface area contributed by atoms with Gasteiger partial charge in [0.05, 0.1) is 5.41 Å². The first-order valence-corrected chi connectivity index (χ1v) is 8.02. The number of likely N-dealkylation sites (tertiary alicyclic amines) is 1. The molecule has 0 atom stereocenters. The molecule has 2 amide bonds. The Morgan fingerprint density at radius 3 is 2.42 bits per heavy atom. The van der Waals surface area contributed by atoms with Crippen molar-refractivity contribution >= 4 is 23.8 Å². The fourth-order valence-electron chi connectivity index (χ4n) is 2.19. The summed E-state index contributed by atoms with van der Waals surface area (Å²) in [5, 5.41) is 9.16. The number of carbonyl (C=O) groups excluding carboxylic acids is 1. The summed E-state index contributed by atoms with van der Waals surface area (Å²) in [7, 11) is 1.81. The first kappa shape index (κ1) is 16.1. The number of rotatable bonds is 5. The van der Waals surface area contributed by atoms with Crippen LogP contribution in [0.4, 0.5) is 4.79 Å². The number of piperidine rings is 1. The molecule has 0 aromatic rings. The van der Waals surface area contributed by atoms with Gasteiger partial charge in [-0.05, 0) is 38.2 Å². The van der Waals surface area contributed by atoms with Crippen LogP contribution in [-0.2, 0) is 4.79 Å². The van der Waals surface area contributed by atoms with Crippen LogP contribution in [0, 0.1) is 5.41 Å². The molecule has 1 heterocycles. The number of hydrogen-bond acceptors (Lipinski definition) is 3. The van der Waals surface area contributed by atoms with Crippen LogP contribution in [0.1, 0.15) is 26.2 Å². The zero-order chi connectivity index (χ0) is 14.5. The van der Waals surface area contributed by atoms with Gasteiger partial charge in [-0.25, -0.2) is 4.79 Å². The second kappa shape index (κ2) is 7.03. The highest BCUT2D eigenvalue weighted by molar-refractivity contribution is 7.98. The Bertz CT molecular complexity index is 328. The highest BCUT2D eigenvalue weighted by atomic mass is 32.2. The van der Waals surface area contributed by atoms with Gasteiger partial charge >= 0.3 is 12.0 Å². The third-order valence-corrected chi connectivity index (χ3v) is 4.52. The summed E-state index contributed by atoms with van der Waals surface area (Å²) >= 11 is 1.78. The maximum absolute atomic E-state index is 12.2. The molecule has 1 aliphatic rings. The van der Waals surface area contributed by atoms with Crippen molar-refractivity contribution < 1.29 is 14.7 Å². The number of urea groups is 1. The third-order valence-electron chi connectivity index (χ3n) is 3.82. The van der Waals surface area contributed by atoms with Gasteiger partial charge in [-0.2, -0.15) is 11.8 Å². The lowest BCUT2D eigenvalue weighted by Crippen LogP contribution is -2.49. The monoisotopic (exact) mass is 288 g/mol. The number of carboxylic acids is 1. The molecule has 0 saturated carbocycles. The van der Waals surface area contributed by atoms with Crippen molar-refractivity contribution in [3.05, 3.63) is 0 Å². The smallest absolute Gasteiger partial charge is 0.319 e. The van der Waals surface area contributed by atoms with Crippen molar-refractivity contribution in [2.75, 3.05) is 38.7 Å². The molecule has 0 aromatic carbocycles. The molecule has 0 unspecified atom stereocenters. The number of thioether (sulfide) groups is 1. The summed E-state index contributed by atoms with van der Waals surface area (Å²) in [6.45, 7) is 3.59. The van der Waals surface area contributed by atoms with E-state index in [0.717, 1.165) is 18.7 Å². The van der Waals surface area contributed by atoms with Crippen LogP contribution in [0.15, 0.2) is 0 Å². The summed E-state index contributed by atoms with van der Waals surface area (Å²) in [6.07, 6.45) is 4.11. The molecule has 110 valence electrons. The summed E-state index contributed by atoms with van der Waals surface area (Å²) in [4.78, 5) is 26.8. The SMILES string of the molecule is CSCCCN(C)C(=O)N1CCC(C)(C(=O)O)CC1. The maximum Gasteiger partial charge on any atom is 0.319 e. The predicted octanol–water partition coefficient (Wildman–Crippen LogP) is 1.98. The van der Waals surface area contributed by atoms with E-state index in [1.807, 2.05) is 7.05 Å². The van der Waals surface area contributed by atoms with Gasteiger partial charge in [0.2, 0.25) is 0 Å². The van der Waals surface area contributed by atoms with Crippen LogP contribution in [0.5, 0.6) is 0 Å². The highest BCUT2D eigenvalue weighted by Crippen LogP contribution is 2.31. The van der Waals surface area contributed by atoms with Crippen molar-refractivity contribution in [1.29, 1.82) is 0 Å². The number of aliphatic carboxylic acids is 1. The highest BCUT2D eigenvalue weighted by Gasteiger charge is 2.38. The summed E-state index contributed by atoms with van der Waals surface area (Å²) in [6, 6.07) is 0.0218. The molecule has 1 aliphatic heterocycles. The molecule has 0 aromatic heterocycles. The minimum Gasteiger partial charge on any atom is -0.481 e. The molecule has 0 aliphatic carbocycles. The summed E-state index contributed by atoms with van der Waals surface area (Å²) < 4.78 is 0. The lowest BCUT2D eigenvalue weighted by Gasteiger charge is -2.38. The summed E-state index contributed by atoms with van der Waals surface area (Å²) in [5.41, 5.74) is -0.672. The standard InChI is InChI=1S/C13H24N2O3S/c1-13(11(16)17)5-8-15(9-6-13)12(18)14(2)7-4-10-19-3/h4-10H2,1-3H3,(H,16,17).